The van der Waals surface area contributed by atoms with Crippen LogP contribution in [0, 0.1) is 5.82 Å². The number of hydrogen-bond donors (Lipinski definition) is 1. The fraction of sp³-hybridized carbons (Fsp3) is 0.375. The Morgan fingerprint density at radius 1 is 1.25 bits per heavy atom. The summed E-state index contributed by atoms with van der Waals surface area (Å²) in [4.78, 5) is 2.26. The van der Waals surface area contributed by atoms with E-state index in [1.165, 1.54) is 10.9 Å². The summed E-state index contributed by atoms with van der Waals surface area (Å²) < 4.78 is 14.8. The van der Waals surface area contributed by atoms with Gasteiger partial charge in [-0.25, -0.2) is 4.39 Å². The number of hydrogen-bond acceptors (Lipinski definition) is 2. The highest BCUT2D eigenvalue weighted by Gasteiger charge is 2.13. The van der Waals surface area contributed by atoms with Gasteiger partial charge < -0.3 is 5.32 Å². The molecule has 1 N–H and O–H groups in total. The van der Waals surface area contributed by atoms with Gasteiger partial charge in [-0.15, -0.1) is 11.3 Å². The second kappa shape index (κ2) is 7.34. The van der Waals surface area contributed by atoms with E-state index in [9.17, 15) is 4.39 Å². The molecule has 0 spiro atoms. The Hall–Kier alpha value is -0.710. The van der Waals surface area contributed by atoms with Crippen molar-refractivity contribution in [2.45, 2.75) is 32.7 Å². The molecular formula is C16H19BrFNS. The Labute approximate surface area is 132 Å². The SMILES string of the molecule is CCCNC(CC)c1ccc(-c2ccc(Br)cc2F)s1. The van der Waals surface area contributed by atoms with Gasteiger partial charge in [-0.3, -0.25) is 0 Å². The topological polar surface area (TPSA) is 12.0 Å². The first kappa shape index (κ1) is 15.7. The molecule has 0 aliphatic heterocycles. The molecule has 20 heavy (non-hydrogen) atoms. The first-order chi connectivity index (χ1) is 9.65. The number of nitrogens with one attached hydrogen (secondary N) is 1. The number of rotatable bonds is 6. The summed E-state index contributed by atoms with van der Waals surface area (Å²) in [5.74, 6) is -0.178. The average molecular weight is 356 g/mol. The van der Waals surface area contributed by atoms with Gasteiger partial charge in [-0.1, -0.05) is 29.8 Å². The predicted octanol–water partition coefficient (Wildman–Crippen LogP) is 5.77. The fourth-order valence-corrected chi connectivity index (χ4v) is 3.67. The third-order valence-corrected chi connectivity index (χ3v) is 4.94. The van der Waals surface area contributed by atoms with E-state index in [1.807, 2.05) is 18.2 Å². The molecule has 1 aromatic carbocycles. The second-order valence-corrected chi connectivity index (χ2v) is 6.77. The van der Waals surface area contributed by atoms with Crippen molar-refractivity contribution in [3.05, 3.63) is 45.5 Å². The van der Waals surface area contributed by atoms with E-state index in [0.29, 0.717) is 11.6 Å². The molecule has 0 bridgehead atoms. The zero-order valence-electron chi connectivity index (χ0n) is 11.7. The Morgan fingerprint density at radius 2 is 2.05 bits per heavy atom. The number of benzene rings is 1. The maximum atomic E-state index is 14.0. The largest absolute Gasteiger partial charge is 0.309 e. The summed E-state index contributed by atoms with van der Waals surface area (Å²) in [5, 5.41) is 3.53. The summed E-state index contributed by atoms with van der Waals surface area (Å²) in [7, 11) is 0. The van der Waals surface area contributed by atoms with Crippen molar-refractivity contribution in [1.29, 1.82) is 0 Å². The zero-order chi connectivity index (χ0) is 14.5. The first-order valence-corrected chi connectivity index (χ1v) is 8.55. The highest BCUT2D eigenvalue weighted by molar-refractivity contribution is 9.10. The maximum absolute atomic E-state index is 14.0. The lowest BCUT2D eigenvalue weighted by molar-refractivity contribution is 0.525. The number of thiophene rings is 1. The number of halogens is 2. The van der Waals surface area contributed by atoms with Crippen molar-refractivity contribution in [3.8, 4) is 10.4 Å². The minimum atomic E-state index is -0.178. The summed E-state index contributed by atoms with van der Waals surface area (Å²) in [5.41, 5.74) is 0.676. The minimum Gasteiger partial charge on any atom is -0.309 e. The predicted molar refractivity (Wildman–Crippen MR) is 88.7 cm³/mol. The molecule has 0 amide bonds. The molecule has 0 aliphatic carbocycles. The van der Waals surface area contributed by atoms with Gasteiger partial charge >= 0.3 is 0 Å². The van der Waals surface area contributed by atoms with E-state index in [4.69, 9.17) is 0 Å². The van der Waals surface area contributed by atoms with E-state index in [-0.39, 0.29) is 5.82 Å². The second-order valence-electron chi connectivity index (χ2n) is 4.74. The van der Waals surface area contributed by atoms with Crippen LogP contribution >= 0.6 is 27.3 Å². The summed E-state index contributed by atoms with van der Waals surface area (Å²) in [6.45, 7) is 5.35. The smallest absolute Gasteiger partial charge is 0.132 e. The third kappa shape index (κ3) is 3.68. The van der Waals surface area contributed by atoms with Crippen LogP contribution in [-0.4, -0.2) is 6.54 Å². The third-order valence-electron chi connectivity index (χ3n) is 3.22. The minimum absolute atomic E-state index is 0.178. The van der Waals surface area contributed by atoms with Gasteiger partial charge in [-0.05, 0) is 49.7 Å². The van der Waals surface area contributed by atoms with Crippen molar-refractivity contribution in [2.24, 2.45) is 0 Å². The van der Waals surface area contributed by atoms with E-state index >= 15 is 0 Å². The molecule has 1 aromatic heterocycles. The van der Waals surface area contributed by atoms with Crippen molar-refractivity contribution >= 4 is 27.3 Å². The van der Waals surface area contributed by atoms with Crippen LogP contribution in [0.15, 0.2) is 34.8 Å². The molecule has 1 nitrogen and oxygen atoms in total. The molecule has 0 fully saturated rings. The Bertz CT molecular complexity index is 567. The molecule has 1 atom stereocenters. The van der Waals surface area contributed by atoms with Crippen LogP contribution in [0.3, 0.4) is 0 Å². The summed E-state index contributed by atoms with van der Waals surface area (Å²) >= 11 is 4.96. The van der Waals surface area contributed by atoms with Crippen molar-refractivity contribution in [3.63, 3.8) is 0 Å². The molecule has 2 aromatic rings. The molecular weight excluding hydrogens is 337 g/mol. The van der Waals surface area contributed by atoms with Gasteiger partial charge in [0, 0.05) is 25.8 Å². The molecule has 0 saturated heterocycles. The Kier molecular flexibility index (Phi) is 5.75. The summed E-state index contributed by atoms with van der Waals surface area (Å²) in [6, 6.07) is 9.72. The standard InChI is InChI=1S/C16H19BrFNS/c1-3-9-19-14(4-2)16-8-7-15(20-16)12-6-5-11(17)10-13(12)18/h5-8,10,14,19H,3-4,9H2,1-2H3. The van der Waals surface area contributed by atoms with Crippen molar-refractivity contribution in [1.82, 2.24) is 5.32 Å². The maximum Gasteiger partial charge on any atom is 0.132 e. The van der Waals surface area contributed by atoms with Gasteiger partial charge in [0.25, 0.3) is 0 Å². The lowest BCUT2D eigenvalue weighted by Crippen LogP contribution is -2.20. The van der Waals surface area contributed by atoms with E-state index < -0.39 is 0 Å². The highest BCUT2D eigenvalue weighted by Crippen LogP contribution is 2.34. The van der Waals surface area contributed by atoms with E-state index in [1.54, 1.807) is 11.3 Å². The quantitative estimate of drug-likeness (QED) is 0.693. The average Bonchev–Trinajstić information content (AvgIpc) is 2.89. The molecule has 4 heteroatoms. The molecule has 1 heterocycles. The lowest BCUT2D eigenvalue weighted by atomic mass is 10.1. The van der Waals surface area contributed by atoms with Crippen LogP contribution in [0.4, 0.5) is 4.39 Å². The van der Waals surface area contributed by atoms with Crippen LogP contribution < -0.4 is 5.32 Å². The monoisotopic (exact) mass is 355 g/mol. The first-order valence-electron chi connectivity index (χ1n) is 6.94. The Balaban J connectivity index is 2.23. The normalized spacial score (nSPS) is 12.6. The molecule has 1 unspecified atom stereocenters. The Morgan fingerprint density at radius 3 is 2.70 bits per heavy atom. The fourth-order valence-electron chi connectivity index (χ4n) is 2.14. The van der Waals surface area contributed by atoms with Crippen LogP contribution in [0.2, 0.25) is 0 Å². The van der Waals surface area contributed by atoms with Crippen molar-refractivity contribution < 1.29 is 4.39 Å². The van der Waals surface area contributed by atoms with Gasteiger partial charge in [0.15, 0.2) is 0 Å². The van der Waals surface area contributed by atoms with Crippen LogP contribution in [0.25, 0.3) is 10.4 Å². The van der Waals surface area contributed by atoms with Crippen LogP contribution in [-0.2, 0) is 0 Å². The van der Waals surface area contributed by atoms with Gasteiger partial charge in [0.2, 0.25) is 0 Å². The van der Waals surface area contributed by atoms with Crippen LogP contribution in [0.1, 0.15) is 37.6 Å². The summed E-state index contributed by atoms with van der Waals surface area (Å²) in [6.07, 6.45) is 2.17. The molecule has 0 aliphatic rings. The van der Waals surface area contributed by atoms with Crippen LogP contribution in [0.5, 0.6) is 0 Å². The van der Waals surface area contributed by atoms with Gasteiger partial charge in [0.05, 0.1) is 0 Å². The van der Waals surface area contributed by atoms with Crippen molar-refractivity contribution in [2.75, 3.05) is 6.54 Å². The molecule has 108 valence electrons. The highest BCUT2D eigenvalue weighted by atomic mass is 79.9. The lowest BCUT2D eigenvalue weighted by Gasteiger charge is -2.14. The molecule has 2 rings (SSSR count). The van der Waals surface area contributed by atoms with E-state index in [0.717, 1.165) is 28.7 Å². The van der Waals surface area contributed by atoms with E-state index in [2.05, 4.69) is 41.2 Å². The zero-order valence-corrected chi connectivity index (χ0v) is 14.2. The van der Waals surface area contributed by atoms with Gasteiger partial charge in [-0.2, -0.15) is 0 Å². The van der Waals surface area contributed by atoms with Gasteiger partial charge in [0.1, 0.15) is 5.82 Å². The molecule has 0 radical (unpaired) electrons. The molecule has 0 saturated carbocycles.